The number of likely N-dealkylation sites (tertiary alicyclic amines) is 1. The molecule has 0 bridgehead atoms. The molecule has 8 nitrogen and oxygen atoms in total. The topological polar surface area (TPSA) is 116 Å². The number of benzene rings is 1. The first-order valence-electron chi connectivity index (χ1n) is 9.11. The fraction of sp³-hybridized carbons (Fsp3) is 0.421. The summed E-state index contributed by atoms with van der Waals surface area (Å²) in [6.45, 7) is 3.61. The summed E-state index contributed by atoms with van der Waals surface area (Å²) in [5, 5.41) is 0. The van der Waals surface area contributed by atoms with Gasteiger partial charge in [-0.3, -0.25) is 9.47 Å². The third kappa shape index (κ3) is 4.35. The lowest BCUT2D eigenvalue weighted by molar-refractivity contribution is -0.150. The Labute approximate surface area is 157 Å². The van der Waals surface area contributed by atoms with Crippen molar-refractivity contribution in [3.05, 3.63) is 52.6 Å². The number of carbonyl (C=O) groups is 1. The SMILES string of the molecule is CCOC(=O)C(c1ccc(-n2ccc(N)nc2=O)cc1)N1CCC(N)CC1. The van der Waals surface area contributed by atoms with Gasteiger partial charge >= 0.3 is 11.7 Å². The highest BCUT2D eigenvalue weighted by atomic mass is 16.5. The summed E-state index contributed by atoms with van der Waals surface area (Å²) in [6.07, 6.45) is 3.27. The van der Waals surface area contributed by atoms with E-state index in [1.807, 2.05) is 12.1 Å². The van der Waals surface area contributed by atoms with Crippen molar-refractivity contribution in [2.24, 2.45) is 5.73 Å². The predicted molar refractivity (Wildman–Crippen MR) is 102 cm³/mol. The number of carbonyl (C=O) groups excluding carboxylic acids is 1. The van der Waals surface area contributed by atoms with Crippen molar-refractivity contribution < 1.29 is 9.53 Å². The Balaban J connectivity index is 1.88. The van der Waals surface area contributed by atoms with Gasteiger partial charge in [0.2, 0.25) is 0 Å². The third-order valence-corrected chi connectivity index (χ3v) is 4.76. The van der Waals surface area contributed by atoms with Gasteiger partial charge in [0.25, 0.3) is 0 Å². The number of nitrogens with zero attached hydrogens (tertiary/aromatic N) is 3. The minimum atomic E-state index is -0.479. The van der Waals surface area contributed by atoms with E-state index in [1.165, 1.54) is 4.57 Å². The third-order valence-electron chi connectivity index (χ3n) is 4.76. The molecule has 8 heteroatoms. The Morgan fingerprint density at radius 1 is 1.26 bits per heavy atom. The van der Waals surface area contributed by atoms with Crippen LogP contribution in [0.2, 0.25) is 0 Å². The van der Waals surface area contributed by atoms with E-state index < -0.39 is 11.7 Å². The molecule has 0 spiro atoms. The average Bonchev–Trinajstić information content (AvgIpc) is 2.65. The number of rotatable bonds is 5. The molecule has 1 fully saturated rings. The molecule has 1 saturated heterocycles. The van der Waals surface area contributed by atoms with Crippen LogP contribution < -0.4 is 17.2 Å². The van der Waals surface area contributed by atoms with Crippen molar-refractivity contribution in [1.29, 1.82) is 0 Å². The van der Waals surface area contributed by atoms with Crippen LogP contribution in [-0.2, 0) is 9.53 Å². The van der Waals surface area contributed by atoms with Gasteiger partial charge in [-0.15, -0.1) is 0 Å². The zero-order chi connectivity index (χ0) is 19.4. The van der Waals surface area contributed by atoms with Gasteiger partial charge in [0.15, 0.2) is 0 Å². The smallest absolute Gasteiger partial charge is 0.354 e. The summed E-state index contributed by atoms with van der Waals surface area (Å²) >= 11 is 0. The van der Waals surface area contributed by atoms with Crippen LogP contribution in [-0.4, -0.2) is 46.2 Å². The molecule has 4 N–H and O–H groups in total. The highest BCUT2D eigenvalue weighted by molar-refractivity contribution is 5.77. The van der Waals surface area contributed by atoms with Gasteiger partial charge in [0.1, 0.15) is 11.9 Å². The summed E-state index contributed by atoms with van der Waals surface area (Å²) in [7, 11) is 0. The molecule has 3 rings (SSSR count). The molecular formula is C19H25N5O3. The lowest BCUT2D eigenvalue weighted by Gasteiger charge is -2.35. The first kappa shape index (κ1) is 19.1. The number of esters is 1. The van der Waals surface area contributed by atoms with Gasteiger partial charge in [0.05, 0.1) is 12.3 Å². The summed E-state index contributed by atoms with van der Waals surface area (Å²) in [5.74, 6) is -0.0920. The fourth-order valence-electron chi connectivity index (χ4n) is 3.32. The molecule has 0 saturated carbocycles. The number of aromatic nitrogens is 2. The summed E-state index contributed by atoms with van der Waals surface area (Å²) < 4.78 is 6.70. The fourth-order valence-corrected chi connectivity index (χ4v) is 3.32. The predicted octanol–water partition coefficient (Wildman–Crippen LogP) is 0.842. The molecule has 144 valence electrons. The molecule has 1 aromatic heterocycles. The second-order valence-corrected chi connectivity index (χ2v) is 6.62. The van der Waals surface area contributed by atoms with Gasteiger partial charge in [0, 0.05) is 25.3 Å². The van der Waals surface area contributed by atoms with Crippen molar-refractivity contribution in [2.75, 3.05) is 25.4 Å². The Kier molecular flexibility index (Phi) is 5.88. The van der Waals surface area contributed by atoms with E-state index in [0.29, 0.717) is 12.3 Å². The van der Waals surface area contributed by atoms with Gasteiger partial charge in [-0.2, -0.15) is 4.98 Å². The van der Waals surface area contributed by atoms with Crippen LogP contribution in [0.5, 0.6) is 0 Å². The number of piperidine rings is 1. The van der Waals surface area contributed by atoms with Crippen LogP contribution in [0.3, 0.4) is 0 Å². The summed E-state index contributed by atoms with van der Waals surface area (Å²) in [6, 6.07) is 8.52. The maximum absolute atomic E-state index is 12.6. The number of ether oxygens (including phenoxy) is 1. The quantitative estimate of drug-likeness (QED) is 0.748. The molecule has 1 aromatic carbocycles. The maximum atomic E-state index is 12.6. The van der Waals surface area contributed by atoms with Crippen LogP contribution in [0, 0.1) is 0 Å². The zero-order valence-corrected chi connectivity index (χ0v) is 15.4. The molecule has 0 aliphatic carbocycles. The number of nitrogens with two attached hydrogens (primary N) is 2. The van der Waals surface area contributed by atoms with E-state index in [9.17, 15) is 9.59 Å². The van der Waals surface area contributed by atoms with Crippen molar-refractivity contribution >= 4 is 11.8 Å². The standard InChI is InChI=1S/C19H25N5O3/c1-2-27-18(25)17(23-10-7-14(20)8-11-23)13-3-5-15(6-4-13)24-12-9-16(21)22-19(24)26/h3-6,9,12,14,17H,2,7-8,10-11,20H2,1H3,(H2,21,22,26). The minimum absolute atomic E-state index is 0.177. The number of hydrogen-bond acceptors (Lipinski definition) is 7. The van der Waals surface area contributed by atoms with E-state index in [2.05, 4.69) is 9.88 Å². The van der Waals surface area contributed by atoms with Gasteiger partial charge in [-0.05, 0) is 43.5 Å². The molecule has 1 aliphatic heterocycles. The Bertz CT molecular complexity index is 841. The molecular weight excluding hydrogens is 346 g/mol. The van der Waals surface area contributed by atoms with Crippen molar-refractivity contribution in [3.63, 3.8) is 0 Å². The zero-order valence-electron chi connectivity index (χ0n) is 15.4. The van der Waals surface area contributed by atoms with Crippen LogP contribution >= 0.6 is 0 Å². The Morgan fingerprint density at radius 3 is 2.52 bits per heavy atom. The van der Waals surface area contributed by atoms with E-state index in [0.717, 1.165) is 31.5 Å². The summed E-state index contributed by atoms with van der Waals surface area (Å²) in [5.41, 5.74) is 12.5. The van der Waals surface area contributed by atoms with Crippen molar-refractivity contribution in [3.8, 4) is 5.69 Å². The molecule has 27 heavy (non-hydrogen) atoms. The highest BCUT2D eigenvalue weighted by Crippen LogP contribution is 2.26. The Morgan fingerprint density at radius 2 is 1.93 bits per heavy atom. The van der Waals surface area contributed by atoms with Gasteiger partial charge in [-0.25, -0.2) is 9.59 Å². The molecule has 2 heterocycles. The van der Waals surface area contributed by atoms with Crippen molar-refractivity contribution in [1.82, 2.24) is 14.5 Å². The molecule has 1 atom stereocenters. The lowest BCUT2D eigenvalue weighted by atomic mass is 9.99. The van der Waals surface area contributed by atoms with Gasteiger partial charge in [-0.1, -0.05) is 12.1 Å². The largest absolute Gasteiger partial charge is 0.465 e. The second kappa shape index (κ2) is 8.32. The molecule has 0 radical (unpaired) electrons. The molecule has 2 aromatic rings. The van der Waals surface area contributed by atoms with Crippen LogP contribution in [0.4, 0.5) is 5.82 Å². The molecule has 0 amide bonds. The highest BCUT2D eigenvalue weighted by Gasteiger charge is 2.31. The van der Waals surface area contributed by atoms with Gasteiger partial charge < -0.3 is 16.2 Å². The van der Waals surface area contributed by atoms with Crippen LogP contribution in [0.25, 0.3) is 5.69 Å². The number of anilines is 1. The average molecular weight is 371 g/mol. The second-order valence-electron chi connectivity index (χ2n) is 6.62. The number of hydrogen-bond donors (Lipinski definition) is 2. The van der Waals surface area contributed by atoms with E-state index in [4.69, 9.17) is 16.2 Å². The molecule has 1 unspecified atom stereocenters. The lowest BCUT2D eigenvalue weighted by Crippen LogP contribution is -2.44. The van der Waals surface area contributed by atoms with Crippen LogP contribution in [0.1, 0.15) is 31.4 Å². The van der Waals surface area contributed by atoms with E-state index in [-0.39, 0.29) is 17.8 Å². The van der Waals surface area contributed by atoms with Crippen LogP contribution in [0.15, 0.2) is 41.3 Å². The first-order chi connectivity index (χ1) is 13.0. The van der Waals surface area contributed by atoms with Crippen molar-refractivity contribution in [2.45, 2.75) is 31.8 Å². The Hall–Kier alpha value is -2.71. The van der Waals surface area contributed by atoms with E-state index >= 15 is 0 Å². The molecule has 1 aliphatic rings. The minimum Gasteiger partial charge on any atom is -0.465 e. The monoisotopic (exact) mass is 371 g/mol. The maximum Gasteiger partial charge on any atom is 0.354 e. The normalized spacial score (nSPS) is 16.8. The number of nitrogen functional groups attached to an aromatic ring is 1. The van der Waals surface area contributed by atoms with E-state index in [1.54, 1.807) is 31.3 Å². The first-order valence-corrected chi connectivity index (χ1v) is 9.11. The summed E-state index contributed by atoms with van der Waals surface area (Å²) in [4.78, 5) is 30.4.